The molecule has 0 saturated heterocycles. The zero-order valence-electron chi connectivity index (χ0n) is 10.5. The molecule has 0 unspecified atom stereocenters. The monoisotopic (exact) mass is 277 g/mol. The third kappa shape index (κ3) is 5.21. The second-order valence-electron chi connectivity index (χ2n) is 3.69. The molecule has 0 atom stereocenters. The van der Waals surface area contributed by atoms with Crippen molar-refractivity contribution >= 4 is 22.0 Å². The highest BCUT2D eigenvalue weighted by Crippen LogP contribution is 2.16. The van der Waals surface area contributed by atoms with Gasteiger partial charge in [-0.15, -0.1) is 0 Å². The van der Waals surface area contributed by atoms with Gasteiger partial charge in [-0.05, 0) is 19.4 Å². The molecular weight excluding hydrogens is 262 g/mol. The van der Waals surface area contributed by atoms with E-state index in [1.165, 1.54) is 13.8 Å². The first-order valence-electron chi connectivity index (χ1n) is 4.82. The summed E-state index contributed by atoms with van der Waals surface area (Å²) < 4.78 is 33.3. The highest BCUT2D eigenvalue weighted by Gasteiger charge is 2.15. The van der Waals surface area contributed by atoms with Crippen molar-refractivity contribution in [2.24, 2.45) is 7.05 Å². The van der Waals surface area contributed by atoms with Gasteiger partial charge in [0.2, 0.25) is 0 Å². The normalized spacial score (nSPS) is 10.6. The van der Waals surface area contributed by atoms with Crippen LogP contribution in [0.3, 0.4) is 0 Å². The van der Waals surface area contributed by atoms with Gasteiger partial charge < -0.3 is 4.57 Å². The van der Waals surface area contributed by atoms with Gasteiger partial charge in [0, 0.05) is 25.7 Å². The van der Waals surface area contributed by atoms with Crippen molar-refractivity contribution in [1.82, 2.24) is 4.57 Å². The summed E-state index contributed by atoms with van der Waals surface area (Å²) in [6, 6.07) is 0. The highest BCUT2D eigenvalue weighted by atomic mass is 32.3. The Morgan fingerprint density at radius 3 is 1.72 bits per heavy atom. The van der Waals surface area contributed by atoms with Crippen LogP contribution in [0.15, 0.2) is 6.20 Å². The van der Waals surface area contributed by atoms with Crippen molar-refractivity contribution in [2.45, 2.75) is 20.8 Å². The van der Waals surface area contributed by atoms with Crippen molar-refractivity contribution in [1.29, 1.82) is 0 Å². The van der Waals surface area contributed by atoms with Crippen molar-refractivity contribution in [3.63, 3.8) is 0 Å². The molecule has 0 amide bonds. The van der Waals surface area contributed by atoms with Crippen LogP contribution in [0.25, 0.3) is 0 Å². The first kappa shape index (κ1) is 16.5. The number of hydrogen-bond acceptors (Lipinski definition) is 4. The molecule has 8 heteroatoms. The average molecular weight is 277 g/mol. The van der Waals surface area contributed by atoms with Gasteiger partial charge in [-0.2, -0.15) is 8.42 Å². The Hall–Kier alpha value is -1.51. The Morgan fingerprint density at radius 2 is 1.56 bits per heavy atom. The lowest BCUT2D eigenvalue weighted by Gasteiger charge is -1.98. The number of aromatic nitrogens is 1. The zero-order chi connectivity index (χ0) is 14.7. The largest absolute Gasteiger partial charge is 0.394 e. The van der Waals surface area contributed by atoms with Crippen LogP contribution < -0.4 is 0 Å². The van der Waals surface area contributed by atoms with Crippen molar-refractivity contribution in [3.05, 3.63) is 23.0 Å². The molecule has 0 aliphatic carbocycles. The van der Waals surface area contributed by atoms with Crippen LogP contribution in [0, 0.1) is 6.92 Å². The molecule has 0 spiro atoms. The van der Waals surface area contributed by atoms with E-state index in [9.17, 15) is 9.59 Å². The Kier molecular flexibility index (Phi) is 5.40. The van der Waals surface area contributed by atoms with E-state index in [2.05, 4.69) is 0 Å². The number of hydrogen-bond donors (Lipinski definition) is 2. The van der Waals surface area contributed by atoms with Crippen molar-refractivity contribution in [2.75, 3.05) is 0 Å². The number of rotatable bonds is 2. The predicted molar refractivity (Wildman–Crippen MR) is 64.3 cm³/mol. The molecule has 2 N–H and O–H groups in total. The average Bonchev–Trinajstić information content (AvgIpc) is 2.38. The number of nitrogens with zero attached hydrogens (tertiary/aromatic N) is 1. The number of Topliss-reactive ketones (excluding diaryl/α,β-unsaturated/α-hetero) is 2. The van der Waals surface area contributed by atoms with Crippen molar-refractivity contribution in [3.8, 4) is 0 Å². The van der Waals surface area contributed by atoms with E-state index in [0.29, 0.717) is 11.3 Å². The van der Waals surface area contributed by atoms with E-state index >= 15 is 0 Å². The lowest BCUT2D eigenvalue weighted by Crippen LogP contribution is -2.02. The molecule has 0 aromatic carbocycles. The number of carbonyl (C=O) groups excluding carboxylic acids is 2. The van der Waals surface area contributed by atoms with Gasteiger partial charge in [0.25, 0.3) is 0 Å². The fraction of sp³-hybridized carbons (Fsp3) is 0.400. The van der Waals surface area contributed by atoms with Crippen molar-refractivity contribution < 1.29 is 27.1 Å². The maximum absolute atomic E-state index is 11.2. The van der Waals surface area contributed by atoms with Gasteiger partial charge in [-0.1, -0.05) is 0 Å². The summed E-state index contributed by atoms with van der Waals surface area (Å²) in [5.41, 5.74) is 2.03. The second-order valence-corrected chi connectivity index (χ2v) is 4.58. The van der Waals surface area contributed by atoms with Gasteiger partial charge in [-0.3, -0.25) is 18.7 Å². The van der Waals surface area contributed by atoms with E-state index in [1.54, 1.807) is 24.7 Å². The number of carbonyl (C=O) groups is 2. The first-order chi connectivity index (χ1) is 7.95. The van der Waals surface area contributed by atoms with E-state index in [0.717, 1.165) is 5.56 Å². The van der Waals surface area contributed by atoms with Crippen LogP contribution in [0.2, 0.25) is 0 Å². The summed E-state index contributed by atoms with van der Waals surface area (Å²) in [6.07, 6.45) is 1.70. The lowest BCUT2D eigenvalue weighted by atomic mass is 10.1. The minimum absolute atomic E-state index is 0.000556. The van der Waals surface area contributed by atoms with Gasteiger partial charge >= 0.3 is 10.4 Å². The van der Waals surface area contributed by atoms with Crippen LogP contribution in [-0.4, -0.2) is 33.7 Å². The molecule has 1 heterocycles. The topological polar surface area (TPSA) is 114 Å². The molecule has 1 aromatic heterocycles. The third-order valence-corrected chi connectivity index (χ3v) is 2.15. The van der Waals surface area contributed by atoms with E-state index in [1.807, 2.05) is 0 Å². The smallest absolute Gasteiger partial charge is 0.347 e. The summed E-state index contributed by atoms with van der Waals surface area (Å²) in [7, 11) is -2.89. The first-order valence-corrected chi connectivity index (χ1v) is 6.22. The molecule has 0 aliphatic heterocycles. The van der Waals surface area contributed by atoms with Crippen LogP contribution in [0.1, 0.15) is 40.3 Å². The van der Waals surface area contributed by atoms with Gasteiger partial charge in [-0.25, -0.2) is 0 Å². The van der Waals surface area contributed by atoms with Crippen LogP contribution in [0.5, 0.6) is 0 Å². The summed E-state index contributed by atoms with van der Waals surface area (Å²) in [5.74, 6) is -0.00639. The Balaban J connectivity index is 0.000000494. The van der Waals surface area contributed by atoms with E-state index in [-0.39, 0.29) is 11.6 Å². The van der Waals surface area contributed by atoms with Crippen LogP contribution in [0.4, 0.5) is 0 Å². The minimum Gasteiger partial charge on any atom is -0.347 e. The lowest BCUT2D eigenvalue weighted by molar-refractivity contribution is 0.100. The molecule has 0 aliphatic rings. The summed E-state index contributed by atoms with van der Waals surface area (Å²) in [4.78, 5) is 22.3. The SMILES string of the molecule is CC(=O)c1cn(C)c(C(C)=O)c1C.O=S(=O)(O)O. The summed E-state index contributed by atoms with van der Waals surface area (Å²) in [6.45, 7) is 4.81. The van der Waals surface area contributed by atoms with Gasteiger partial charge in [0.1, 0.15) is 0 Å². The van der Waals surface area contributed by atoms with Crippen LogP contribution in [-0.2, 0) is 17.4 Å². The summed E-state index contributed by atoms with van der Waals surface area (Å²) in [5, 5.41) is 0. The van der Waals surface area contributed by atoms with Crippen LogP contribution >= 0.6 is 0 Å². The highest BCUT2D eigenvalue weighted by molar-refractivity contribution is 7.79. The van der Waals surface area contributed by atoms with E-state index in [4.69, 9.17) is 17.5 Å². The molecule has 0 fully saturated rings. The fourth-order valence-electron chi connectivity index (χ4n) is 1.61. The molecule has 0 saturated carbocycles. The van der Waals surface area contributed by atoms with Gasteiger partial charge in [0.05, 0.1) is 5.69 Å². The fourth-order valence-corrected chi connectivity index (χ4v) is 1.61. The maximum Gasteiger partial charge on any atom is 0.394 e. The predicted octanol–water partition coefficient (Wildman–Crippen LogP) is 1.09. The molecular formula is C10H15NO6S. The Labute approximate surface area is 105 Å². The molecule has 1 rings (SSSR count). The molecule has 1 aromatic rings. The maximum atomic E-state index is 11.2. The second kappa shape index (κ2) is 5.89. The molecule has 7 nitrogen and oxygen atoms in total. The molecule has 0 radical (unpaired) electrons. The minimum atomic E-state index is -4.67. The zero-order valence-corrected chi connectivity index (χ0v) is 11.3. The number of ketones is 2. The molecule has 18 heavy (non-hydrogen) atoms. The number of aryl methyl sites for hydroxylation is 1. The third-order valence-electron chi connectivity index (χ3n) is 2.15. The Morgan fingerprint density at radius 1 is 1.17 bits per heavy atom. The summed E-state index contributed by atoms with van der Waals surface area (Å²) >= 11 is 0. The Bertz CT molecular complexity index is 561. The molecule has 102 valence electrons. The quantitative estimate of drug-likeness (QED) is 0.617. The standard InChI is InChI=1S/C10H13NO2.H2O4S/c1-6-9(7(2)12)5-11(4)10(6)8(3)13;1-5(2,3)4/h5H,1-4H3;(H2,1,2,3,4). The van der Waals surface area contributed by atoms with E-state index < -0.39 is 10.4 Å². The van der Waals surface area contributed by atoms with Gasteiger partial charge in [0.15, 0.2) is 11.6 Å². The molecule has 0 bridgehead atoms.